The molecule has 9 nitrogen and oxygen atoms in total. The van der Waals surface area contributed by atoms with E-state index in [4.69, 9.17) is 14.2 Å². The fourth-order valence-electron chi connectivity index (χ4n) is 9.57. The van der Waals surface area contributed by atoms with E-state index in [1.807, 2.05) is 0 Å². The second-order valence-electron chi connectivity index (χ2n) is 21.2. The summed E-state index contributed by atoms with van der Waals surface area (Å²) < 4.78 is 17.7. The molecule has 0 N–H and O–H groups in total. The van der Waals surface area contributed by atoms with Crippen LogP contribution in [-0.2, 0) is 33.4 Å². The second kappa shape index (κ2) is 49.4. The van der Waals surface area contributed by atoms with Gasteiger partial charge in [-0.2, -0.15) is 0 Å². The number of nitrogens with zero attached hydrogens (tertiary/aromatic N) is 2. The third kappa shape index (κ3) is 42.1. The lowest BCUT2D eigenvalue weighted by atomic mass is 9.97. The molecule has 0 aliphatic rings. The van der Waals surface area contributed by atoms with Crippen LogP contribution >= 0.6 is 0 Å². The first-order valence-corrected chi connectivity index (χ1v) is 30.1. The lowest BCUT2D eigenvalue weighted by Gasteiger charge is -2.33. The van der Waals surface area contributed by atoms with Crippen LogP contribution in [0.4, 0.5) is 0 Å². The number of carbonyl (C=O) groups is 4. The monoisotopic (exact) mass is 977 g/mol. The van der Waals surface area contributed by atoms with Gasteiger partial charge in [0.2, 0.25) is 5.91 Å². The maximum Gasteiger partial charge on any atom is 0.306 e. The molecule has 0 saturated carbocycles. The van der Waals surface area contributed by atoms with Crippen LogP contribution in [0.2, 0.25) is 0 Å². The summed E-state index contributed by atoms with van der Waals surface area (Å²) in [6.45, 7) is 14.9. The SMILES string of the molecule is CCCCC(CCCC)OC(=O)CCCCCCCCC(CCCCCCCCC(=O)OC(CCCC)CCCC)N(CCCN(C)C)C(=O)CCCCCCCC(=O)OC(CCCC)CCCC. The Bertz CT molecular complexity index is 1110. The highest BCUT2D eigenvalue weighted by Crippen LogP contribution is 2.23. The molecule has 69 heavy (non-hydrogen) atoms. The Labute approximate surface area is 428 Å². The second-order valence-corrected chi connectivity index (χ2v) is 21.2. The number of ether oxygens (including phenoxy) is 3. The molecule has 0 rings (SSSR count). The van der Waals surface area contributed by atoms with Gasteiger partial charge in [-0.3, -0.25) is 19.2 Å². The summed E-state index contributed by atoms with van der Waals surface area (Å²) in [5.74, 6) is 0.227. The highest BCUT2D eigenvalue weighted by molar-refractivity contribution is 5.76. The molecule has 0 bridgehead atoms. The molecule has 0 aliphatic heterocycles. The fourth-order valence-corrected chi connectivity index (χ4v) is 9.57. The predicted molar refractivity (Wildman–Crippen MR) is 292 cm³/mol. The van der Waals surface area contributed by atoms with E-state index >= 15 is 0 Å². The summed E-state index contributed by atoms with van der Waals surface area (Å²) in [6.07, 6.45) is 42.7. The first-order valence-electron chi connectivity index (χ1n) is 30.1. The van der Waals surface area contributed by atoms with Crippen molar-refractivity contribution in [3.8, 4) is 0 Å². The first-order chi connectivity index (χ1) is 33.5. The Morgan fingerprint density at radius 2 is 0.594 bits per heavy atom. The van der Waals surface area contributed by atoms with Crippen molar-refractivity contribution in [3.05, 3.63) is 0 Å². The van der Waals surface area contributed by atoms with E-state index in [0.29, 0.717) is 31.6 Å². The minimum atomic E-state index is -0.0430. The molecule has 9 heteroatoms. The number of unbranched alkanes of at least 4 members (excludes halogenated alkanes) is 20. The standard InChI is InChI=1S/C60H116N2O7/c1-9-15-41-54(42-16-10-2)67-58(64)48-35-29-23-21-26-32-39-53(40-33-27-22-24-30-36-49-59(65)68-55(43-17-11-3)44-18-12-4)62(52-38-51-61(7)8)57(63)47-34-28-25-31-37-50-60(66)69-56(45-19-13-5)46-20-14-6/h53-56H,9-52H2,1-8H3. The summed E-state index contributed by atoms with van der Waals surface area (Å²) in [5.41, 5.74) is 0. The quantitative estimate of drug-likeness (QED) is 0.0337. The van der Waals surface area contributed by atoms with Crippen molar-refractivity contribution in [2.75, 3.05) is 27.2 Å². The molecule has 0 aromatic heterocycles. The predicted octanol–water partition coefficient (Wildman–Crippen LogP) is 17.0. The molecule has 0 aromatic carbocycles. The van der Waals surface area contributed by atoms with Crippen molar-refractivity contribution in [3.63, 3.8) is 0 Å². The van der Waals surface area contributed by atoms with Crippen molar-refractivity contribution in [1.29, 1.82) is 0 Å². The van der Waals surface area contributed by atoms with Crippen LogP contribution in [0.1, 0.15) is 311 Å². The van der Waals surface area contributed by atoms with Gasteiger partial charge in [0.05, 0.1) is 0 Å². The lowest BCUT2D eigenvalue weighted by Crippen LogP contribution is -2.41. The zero-order valence-electron chi connectivity index (χ0n) is 47.2. The largest absolute Gasteiger partial charge is 0.462 e. The first kappa shape index (κ1) is 66.8. The van der Waals surface area contributed by atoms with E-state index in [1.165, 1.54) is 0 Å². The summed E-state index contributed by atoms with van der Waals surface area (Å²) >= 11 is 0. The van der Waals surface area contributed by atoms with Gasteiger partial charge in [-0.05, 0) is 104 Å². The van der Waals surface area contributed by atoms with Crippen LogP contribution < -0.4 is 0 Å². The zero-order valence-corrected chi connectivity index (χ0v) is 47.2. The number of carbonyl (C=O) groups excluding carboxylic acids is 4. The van der Waals surface area contributed by atoms with Gasteiger partial charge in [0, 0.05) is 38.3 Å². The third-order valence-electron chi connectivity index (χ3n) is 14.0. The average molecular weight is 978 g/mol. The van der Waals surface area contributed by atoms with Gasteiger partial charge in [0.15, 0.2) is 0 Å². The number of hydrogen-bond donors (Lipinski definition) is 0. The molecule has 0 fully saturated rings. The van der Waals surface area contributed by atoms with Crippen LogP contribution in [0.15, 0.2) is 0 Å². The van der Waals surface area contributed by atoms with Gasteiger partial charge < -0.3 is 24.0 Å². The Balaban J connectivity index is 5.25. The van der Waals surface area contributed by atoms with Gasteiger partial charge in [-0.25, -0.2) is 0 Å². The van der Waals surface area contributed by atoms with E-state index in [2.05, 4.69) is 65.4 Å². The van der Waals surface area contributed by atoms with Crippen LogP contribution in [0.25, 0.3) is 0 Å². The number of rotatable bonds is 52. The Morgan fingerprint density at radius 1 is 0.319 bits per heavy atom. The van der Waals surface area contributed by atoms with E-state index in [0.717, 1.165) is 257 Å². The van der Waals surface area contributed by atoms with Gasteiger partial charge in [0.1, 0.15) is 18.3 Å². The van der Waals surface area contributed by atoms with Gasteiger partial charge in [-0.1, -0.05) is 202 Å². The molecule has 0 radical (unpaired) electrons. The van der Waals surface area contributed by atoms with Crippen molar-refractivity contribution < 1.29 is 33.4 Å². The van der Waals surface area contributed by atoms with Crippen LogP contribution in [0.3, 0.4) is 0 Å². The minimum Gasteiger partial charge on any atom is -0.462 e. The number of hydrogen-bond acceptors (Lipinski definition) is 8. The van der Waals surface area contributed by atoms with Crippen molar-refractivity contribution in [1.82, 2.24) is 9.80 Å². The summed E-state index contributed by atoms with van der Waals surface area (Å²) in [5, 5.41) is 0. The lowest BCUT2D eigenvalue weighted by molar-refractivity contribution is -0.151. The highest BCUT2D eigenvalue weighted by atomic mass is 16.6. The van der Waals surface area contributed by atoms with E-state index < -0.39 is 0 Å². The smallest absolute Gasteiger partial charge is 0.306 e. The van der Waals surface area contributed by atoms with Gasteiger partial charge in [0.25, 0.3) is 0 Å². The van der Waals surface area contributed by atoms with Crippen LogP contribution in [0.5, 0.6) is 0 Å². The zero-order chi connectivity index (χ0) is 51.0. The fraction of sp³-hybridized carbons (Fsp3) is 0.933. The normalized spacial score (nSPS) is 11.7. The molecule has 0 aliphatic carbocycles. The number of amides is 1. The van der Waals surface area contributed by atoms with Gasteiger partial charge in [-0.15, -0.1) is 0 Å². The third-order valence-corrected chi connectivity index (χ3v) is 14.0. The highest BCUT2D eigenvalue weighted by Gasteiger charge is 2.23. The molecule has 0 unspecified atom stereocenters. The molecule has 1 amide bonds. The molecule has 0 atom stereocenters. The maximum atomic E-state index is 14.1. The van der Waals surface area contributed by atoms with E-state index in [9.17, 15) is 19.2 Å². The Hall–Kier alpha value is -2.16. The van der Waals surface area contributed by atoms with E-state index in [1.54, 1.807) is 0 Å². The molecule has 0 aromatic rings. The van der Waals surface area contributed by atoms with Crippen LogP contribution in [0, 0.1) is 0 Å². The van der Waals surface area contributed by atoms with Gasteiger partial charge >= 0.3 is 17.9 Å². The Morgan fingerprint density at radius 3 is 0.884 bits per heavy atom. The molecular weight excluding hydrogens is 861 g/mol. The summed E-state index contributed by atoms with van der Waals surface area (Å²) in [4.78, 5) is 56.5. The maximum absolute atomic E-state index is 14.1. The summed E-state index contributed by atoms with van der Waals surface area (Å²) in [7, 11) is 4.23. The molecule has 0 heterocycles. The minimum absolute atomic E-state index is 0.0198. The summed E-state index contributed by atoms with van der Waals surface area (Å²) in [6, 6.07) is 0.260. The number of esters is 3. The Kier molecular flexibility index (Phi) is 47.9. The van der Waals surface area contributed by atoms with E-state index in [-0.39, 0.29) is 42.3 Å². The molecule has 0 saturated heterocycles. The van der Waals surface area contributed by atoms with Crippen molar-refractivity contribution in [2.24, 2.45) is 0 Å². The average Bonchev–Trinajstić information content (AvgIpc) is 3.33. The topological polar surface area (TPSA) is 102 Å². The molecule has 0 spiro atoms. The van der Waals surface area contributed by atoms with Crippen molar-refractivity contribution >= 4 is 23.8 Å². The van der Waals surface area contributed by atoms with Crippen LogP contribution in [-0.4, -0.2) is 85.2 Å². The molecular formula is C60H116N2O7. The van der Waals surface area contributed by atoms with Crippen molar-refractivity contribution in [2.45, 2.75) is 336 Å². The molecule has 408 valence electrons.